The number of nitrogens with one attached hydrogen (secondary N) is 2. The van der Waals surface area contributed by atoms with Gasteiger partial charge in [0.05, 0.1) is 19.0 Å². The number of urea groups is 1. The molecule has 2 aromatic heterocycles. The quantitative estimate of drug-likeness (QED) is 0.773. The van der Waals surface area contributed by atoms with Crippen molar-refractivity contribution in [2.75, 3.05) is 19.5 Å². The molecule has 122 valence electrons. The lowest BCUT2D eigenvalue weighted by Crippen LogP contribution is -2.24. The summed E-state index contributed by atoms with van der Waals surface area (Å²) in [4.78, 5) is 15.6. The standard InChI is InChI=1S/C17H17N5O2/c1-18-17(23)20-15-11-22-16(19-15)10-7-13(21-22)6-3-12-4-8-14(24-2)9-5-12/h3-11H,1-2H3,(H2,18,20,23). The largest absolute Gasteiger partial charge is 0.497 e. The molecule has 2 heterocycles. The van der Waals surface area contributed by atoms with E-state index in [1.807, 2.05) is 48.6 Å². The maximum atomic E-state index is 11.3. The molecule has 0 spiro atoms. The Kier molecular flexibility index (Phi) is 4.42. The number of nitrogens with zero attached hydrogens (tertiary/aromatic N) is 3. The van der Waals surface area contributed by atoms with Gasteiger partial charge < -0.3 is 10.1 Å². The van der Waals surface area contributed by atoms with Gasteiger partial charge in [-0.25, -0.2) is 14.3 Å². The van der Waals surface area contributed by atoms with Crippen LogP contribution >= 0.6 is 0 Å². The molecule has 24 heavy (non-hydrogen) atoms. The smallest absolute Gasteiger partial charge is 0.320 e. The first kappa shape index (κ1) is 15.5. The molecule has 0 atom stereocenters. The highest BCUT2D eigenvalue weighted by atomic mass is 16.5. The summed E-state index contributed by atoms with van der Waals surface area (Å²) in [5, 5.41) is 9.54. The van der Waals surface area contributed by atoms with E-state index < -0.39 is 0 Å². The second-order valence-corrected chi connectivity index (χ2v) is 5.00. The van der Waals surface area contributed by atoms with Crippen LogP contribution in [0, 0.1) is 0 Å². The van der Waals surface area contributed by atoms with E-state index in [-0.39, 0.29) is 6.03 Å². The predicted molar refractivity (Wildman–Crippen MR) is 93.0 cm³/mol. The van der Waals surface area contributed by atoms with Crippen LogP contribution in [0.25, 0.3) is 17.8 Å². The van der Waals surface area contributed by atoms with Crippen molar-refractivity contribution in [1.82, 2.24) is 19.9 Å². The SMILES string of the molecule is CNC(=O)Nc1cn2nc(C=Cc3ccc(OC)cc3)ccc2n1. The molecule has 1 aromatic carbocycles. The van der Waals surface area contributed by atoms with Crippen LogP contribution in [-0.4, -0.2) is 34.8 Å². The normalized spacial score (nSPS) is 10.9. The van der Waals surface area contributed by atoms with Crippen LogP contribution in [0.4, 0.5) is 10.6 Å². The third-order valence-electron chi connectivity index (χ3n) is 3.37. The minimum absolute atomic E-state index is 0.321. The summed E-state index contributed by atoms with van der Waals surface area (Å²) in [5.41, 5.74) is 2.48. The molecule has 0 radical (unpaired) electrons. The molecule has 0 aliphatic rings. The van der Waals surface area contributed by atoms with E-state index in [2.05, 4.69) is 20.7 Å². The first-order valence-corrected chi connectivity index (χ1v) is 7.35. The first-order chi connectivity index (χ1) is 11.7. The fourth-order valence-electron chi connectivity index (χ4n) is 2.12. The van der Waals surface area contributed by atoms with Gasteiger partial charge in [0.15, 0.2) is 11.5 Å². The fraction of sp³-hybridized carbons (Fsp3) is 0.118. The minimum Gasteiger partial charge on any atom is -0.497 e. The van der Waals surface area contributed by atoms with Gasteiger partial charge in [0.25, 0.3) is 0 Å². The molecule has 7 heteroatoms. The summed E-state index contributed by atoms with van der Waals surface area (Å²) in [6, 6.07) is 11.1. The third kappa shape index (κ3) is 3.52. The van der Waals surface area contributed by atoms with Gasteiger partial charge in [-0.2, -0.15) is 5.10 Å². The van der Waals surface area contributed by atoms with Crippen molar-refractivity contribution in [2.24, 2.45) is 0 Å². The highest BCUT2D eigenvalue weighted by Gasteiger charge is 2.05. The Morgan fingerprint density at radius 2 is 1.96 bits per heavy atom. The Morgan fingerprint density at radius 3 is 2.67 bits per heavy atom. The van der Waals surface area contributed by atoms with Gasteiger partial charge in [-0.15, -0.1) is 0 Å². The van der Waals surface area contributed by atoms with Crippen molar-refractivity contribution in [1.29, 1.82) is 0 Å². The lowest BCUT2D eigenvalue weighted by Gasteiger charge is -1.99. The van der Waals surface area contributed by atoms with Crippen molar-refractivity contribution in [2.45, 2.75) is 0 Å². The van der Waals surface area contributed by atoms with Crippen molar-refractivity contribution in [3.8, 4) is 5.75 Å². The summed E-state index contributed by atoms with van der Waals surface area (Å²) in [6.45, 7) is 0. The van der Waals surface area contributed by atoms with Crippen molar-refractivity contribution in [3.05, 3.63) is 53.9 Å². The molecule has 0 unspecified atom stereocenters. The summed E-state index contributed by atoms with van der Waals surface area (Å²) in [5.74, 6) is 1.26. The minimum atomic E-state index is -0.321. The van der Waals surface area contributed by atoms with Crippen LogP contribution in [0.1, 0.15) is 11.3 Å². The molecular formula is C17H17N5O2. The van der Waals surface area contributed by atoms with Crippen molar-refractivity contribution in [3.63, 3.8) is 0 Å². The van der Waals surface area contributed by atoms with E-state index in [4.69, 9.17) is 4.74 Å². The van der Waals surface area contributed by atoms with E-state index in [0.29, 0.717) is 11.5 Å². The topological polar surface area (TPSA) is 80.6 Å². The second-order valence-electron chi connectivity index (χ2n) is 5.00. The van der Waals surface area contributed by atoms with Crippen molar-refractivity contribution < 1.29 is 9.53 Å². The highest BCUT2D eigenvalue weighted by Crippen LogP contribution is 2.14. The van der Waals surface area contributed by atoms with Crippen LogP contribution in [0.5, 0.6) is 5.75 Å². The summed E-state index contributed by atoms with van der Waals surface area (Å²) in [6.07, 6.45) is 5.54. The van der Waals surface area contributed by atoms with E-state index in [0.717, 1.165) is 17.0 Å². The van der Waals surface area contributed by atoms with Crippen molar-refractivity contribution >= 4 is 29.6 Å². The van der Waals surface area contributed by atoms with Crippen LogP contribution in [-0.2, 0) is 0 Å². The fourth-order valence-corrected chi connectivity index (χ4v) is 2.12. The maximum Gasteiger partial charge on any atom is 0.320 e. The Labute approximate surface area is 139 Å². The average Bonchev–Trinajstić information content (AvgIpc) is 3.01. The average molecular weight is 323 g/mol. The molecule has 0 fully saturated rings. The number of aromatic nitrogens is 3. The number of anilines is 1. The number of hydrogen-bond donors (Lipinski definition) is 2. The zero-order valence-electron chi connectivity index (χ0n) is 13.4. The number of carbonyl (C=O) groups is 1. The maximum absolute atomic E-state index is 11.3. The van der Waals surface area contributed by atoms with Crippen LogP contribution in [0.15, 0.2) is 42.6 Å². The highest BCUT2D eigenvalue weighted by molar-refractivity contribution is 5.88. The van der Waals surface area contributed by atoms with E-state index >= 15 is 0 Å². The van der Waals surface area contributed by atoms with Gasteiger partial charge in [0.2, 0.25) is 0 Å². The summed E-state index contributed by atoms with van der Waals surface area (Å²) >= 11 is 0. The lowest BCUT2D eigenvalue weighted by molar-refractivity contribution is 0.254. The molecular weight excluding hydrogens is 306 g/mol. The van der Waals surface area contributed by atoms with Gasteiger partial charge in [0.1, 0.15) is 5.75 Å². The molecule has 7 nitrogen and oxygen atoms in total. The lowest BCUT2D eigenvalue weighted by atomic mass is 10.2. The molecule has 0 aliphatic heterocycles. The molecule has 0 saturated heterocycles. The van der Waals surface area contributed by atoms with E-state index in [1.165, 1.54) is 0 Å². The van der Waals surface area contributed by atoms with Crippen LogP contribution in [0.2, 0.25) is 0 Å². The van der Waals surface area contributed by atoms with Gasteiger partial charge in [-0.05, 0) is 35.9 Å². The Bertz CT molecular complexity index is 884. The molecule has 0 aliphatic carbocycles. The second kappa shape index (κ2) is 6.82. The van der Waals surface area contributed by atoms with E-state index in [1.54, 1.807) is 24.9 Å². The van der Waals surface area contributed by atoms with Gasteiger partial charge in [0, 0.05) is 7.05 Å². The number of hydrogen-bond acceptors (Lipinski definition) is 4. The zero-order valence-corrected chi connectivity index (χ0v) is 13.4. The number of rotatable bonds is 4. The zero-order chi connectivity index (χ0) is 16.9. The van der Waals surface area contributed by atoms with E-state index in [9.17, 15) is 4.79 Å². The Hall–Kier alpha value is -3.35. The Balaban J connectivity index is 1.79. The van der Waals surface area contributed by atoms with Gasteiger partial charge in [-0.1, -0.05) is 18.2 Å². The van der Waals surface area contributed by atoms with Gasteiger partial charge in [-0.3, -0.25) is 5.32 Å². The predicted octanol–water partition coefficient (Wildman–Crippen LogP) is 2.66. The number of imidazole rings is 1. The molecule has 0 saturated carbocycles. The number of benzene rings is 1. The van der Waals surface area contributed by atoms with Crippen LogP contribution < -0.4 is 15.4 Å². The van der Waals surface area contributed by atoms with Gasteiger partial charge >= 0.3 is 6.03 Å². The number of fused-ring (bicyclic) bond motifs is 1. The number of ether oxygens (including phenoxy) is 1. The number of methoxy groups -OCH3 is 1. The first-order valence-electron chi connectivity index (χ1n) is 7.35. The monoisotopic (exact) mass is 323 g/mol. The molecule has 3 aromatic rings. The summed E-state index contributed by atoms with van der Waals surface area (Å²) < 4.78 is 6.76. The molecule has 2 amide bonds. The van der Waals surface area contributed by atoms with Crippen LogP contribution in [0.3, 0.4) is 0 Å². The Morgan fingerprint density at radius 1 is 1.17 bits per heavy atom. The number of carbonyl (C=O) groups excluding carboxylic acids is 1. The third-order valence-corrected chi connectivity index (χ3v) is 3.37. The molecule has 3 rings (SSSR count). The molecule has 2 N–H and O–H groups in total. The molecule has 0 bridgehead atoms. The number of amides is 2. The summed E-state index contributed by atoms with van der Waals surface area (Å²) in [7, 11) is 3.19.